The molecule has 0 aromatic carbocycles. The number of rotatable bonds is 7. The number of amides is 1. The van der Waals surface area contributed by atoms with Crippen LogP contribution in [0.4, 0.5) is 8.78 Å². The molecule has 1 aromatic heterocycles. The molecular weight excluding hydrogens is 328 g/mol. The van der Waals surface area contributed by atoms with E-state index in [-0.39, 0.29) is 23.9 Å². The molecule has 0 bridgehead atoms. The molecule has 1 aliphatic carbocycles. The Morgan fingerprint density at radius 2 is 2.30 bits per heavy atom. The van der Waals surface area contributed by atoms with Gasteiger partial charge in [0.1, 0.15) is 12.4 Å². The van der Waals surface area contributed by atoms with Gasteiger partial charge in [0.25, 0.3) is 6.43 Å². The maximum absolute atomic E-state index is 12.5. The summed E-state index contributed by atoms with van der Waals surface area (Å²) in [5.74, 6) is -0.293. The van der Waals surface area contributed by atoms with Crippen molar-refractivity contribution < 1.29 is 18.3 Å². The van der Waals surface area contributed by atoms with Gasteiger partial charge < -0.3 is 9.64 Å². The molecule has 0 saturated heterocycles. The lowest BCUT2D eigenvalue weighted by Gasteiger charge is -2.32. The van der Waals surface area contributed by atoms with E-state index < -0.39 is 13.0 Å². The Kier molecular flexibility index (Phi) is 6.35. The Labute approximate surface area is 139 Å². The van der Waals surface area contributed by atoms with Crippen LogP contribution in [0.5, 0.6) is 0 Å². The number of hydrogen-bond acceptors (Lipinski definition) is 3. The summed E-state index contributed by atoms with van der Waals surface area (Å²) in [5.41, 5.74) is 1.40. The number of aromatic nitrogens is 2. The van der Waals surface area contributed by atoms with Gasteiger partial charge in [-0.05, 0) is 26.2 Å². The number of halogens is 3. The summed E-state index contributed by atoms with van der Waals surface area (Å²) in [4.78, 5) is 14.0. The summed E-state index contributed by atoms with van der Waals surface area (Å²) in [5, 5.41) is 3.99. The van der Waals surface area contributed by atoms with Crippen LogP contribution in [0.25, 0.3) is 0 Å². The van der Waals surface area contributed by atoms with E-state index in [1.807, 2.05) is 0 Å². The van der Waals surface area contributed by atoms with Gasteiger partial charge in [0.2, 0.25) is 5.91 Å². The normalized spacial score (nSPS) is 21.1. The number of carbonyl (C=O) groups excluding carboxylic acids is 1. The monoisotopic (exact) mass is 349 g/mol. The molecule has 0 radical (unpaired) electrons. The number of carbonyl (C=O) groups is 1. The summed E-state index contributed by atoms with van der Waals surface area (Å²) in [6.45, 7) is 1.60. The van der Waals surface area contributed by atoms with Gasteiger partial charge >= 0.3 is 0 Å². The van der Waals surface area contributed by atoms with Crippen molar-refractivity contribution >= 4 is 17.5 Å². The van der Waals surface area contributed by atoms with E-state index in [4.69, 9.17) is 16.3 Å². The first kappa shape index (κ1) is 18.1. The molecule has 130 valence electrons. The summed E-state index contributed by atoms with van der Waals surface area (Å²) in [7, 11) is 1.64. The van der Waals surface area contributed by atoms with Crippen LogP contribution >= 0.6 is 11.6 Å². The summed E-state index contributed by atoms with van der Waals surface area (Å²) < 4.78 is 31.8. The standard InChI is InChI=1S/C15H22ClF2N3O2/c1-10-11(7-19-21(10)9-14(17)18)8-20(15(22)6-16)12-4-3-5-13(12)23-2/h7,12-14H,3-6,8-9H2,1-2H3/t12-,13+/m0/s1. The third kappa shape index (κ3) is 4.20. The van der Waals surface area contributed by atoms with E-state index in [1.165, 1.54) is 4.68 Å². The molecule has 1 fully saturated rings. The smallest absolute Gasteiger partial charge is 0.257 e. The zero-order chi connectivity index (χ0) is 17.0. The zero-order valence-electron chi connectivity index (χ0n) is 13.3. The molecule has 8 heteroatoms. The molecule has 2 atom stereocenters. The Morgan fingerprint density at radius 3 is 2.91 bits per heavy atom. The molecule has 2 rings (SSSR count). The van der Waals surface area contributed by atoms with Crippen molar-refractivity contribution in [2.75, 3.05) is 13.0 Å². The minimum Gasteiger partial charge on any atom is -0.379 e. The summed E-state index contributed by atoms with van der Waals surface area (Å²) in [6, 6.07) is -0.0379. The molecule has 1 heterocycles. The predicted octanol–water partition coefficient (Wildman–Crippen LogP) is 2.59. The lowest BCUT2D eigenvalue weighted by Crippen LogP contribution is -2.45. The number of nitrogens with zero attached hydrogens (tertiary/aromatic N) is 3. The van der Waals surface area contributed by atoms with E-state index in [2.05, 4.69) is 5.10 Å². The van der Waals surface area contributed by atoms with Crippen molar-refractivity contribution in [3.05, 3.63) is 17.5 Å². The van der Waals surface area contributed by atoms with Gasteiger partial charge in [-0.1, -0.05) is 0 Å². The first-order valence-corrected chi connectivity index (χ1v) is 8.19. The first-order chi connectivity index (χ1) is 11.0. The molecular formula is C15H22ClF2N3O2. The zero-order valence-corrected chi connectivity index (χ0v) is 14.1. The largest absolute Gasteiger partial charge is 0.379 e. The van der Waals surface area contributed by atoms with Gasteiger partial charge in [-0.25, -0.2) is 8.78 Å². The fourth-order valence-corrected chi connectivity index (χ4v) is 3.30. The van der Waals surface area contributed by atoms with E-state index in [1.54, 1.807) is 25.1 Å². The highest BCUT2D eigenvalue weighted by molar-refractivity contribution is 6.27. The SMILES string of the molecule is CO[C@@H]1CCC[C@@H]1N(Cc1cnn(CC(F)F)c1C)C(=O)CCl. The van der Waals surface area contributed by atoms with Crippen LogP contribution in [0, 0.1) is 6.92 Å². The second kappa shape index (κ2) is 8.06. The molecule has 1 aromatic rings. The van der Waals surface area contributed by atoms with Crippen molar-refractivity contribution in [1.82, 2.24) is 14.7 Å². The Balaban J connectivity index is 2.18. The van der Waals surface area contributed by atoms with E-state index >= 15 is 0 Å². The van der Waals surface area contributed by atoms with Gasteiger partial charge in [0, 0.05) is 24.9 Å². The fourth-order valence-electron chi connectivity index (χ4n) is 3.14. The van der Waals surface area contributed by atoms with Crippen LogP contribution in [0.1, 0.15) is 30.5 Å². The van der Waals surface area contributed by atoms with Crippen molar-refractivity contribution in [2.24, 2.45) is 0 Å². The molecule has 0 unspecified atom stereocenters. The second-order valence-electron chi connectivity index (χ2n) is 5.76. The topological polar surface area (TPSA) is 47.4 Å². The minimum absolute atomic E-state index is 0.0152. The van der Waals surface area contributed by atoms with Crippen LogP contribution in [-0.4, -0.2) is 52.1 Å². The molecule has 1 aliphatic rings. The van der Waals surface area contributed by atoms with Gasteiger partial charge in [0.05, 0.1) is 18.3 Å². The number of alkyl halides is 3. The van der Waals surface area contributed by atoms with Crippen LogP contribution in [0.15, 0.2) is 6.20 Å². The van der Waals surface area contributed by atoms with Crippen LogP contribution < -0.4 is 0 Å². The summed E-state index contributed by atoms with van der Waals surface area (Å²) >= 11 is 5.74. The molecule has 1 amide bonds. The van der Waals surface area contributed by atoms with Gasteiger partial charge in [0.15, 0.2) is 0 Å². The predicted molar refractivity (Wildman–Crippen MR) is 82.7 cm³/mol. The Morgan fingerprint density at radius 1 is 1.57 bits per heavy atom. The maximum Gasteiger partial charge on any atom is 0.257 e. The van der Waals surface area contributed by atoms with Crippen LogP contribution in [0.2, 0.25) is 0 Å². The molecule has 1 saturated carbocycles. The molecule has 5 nitrogen and oxygen atoms in total. The van der Waals surface area contributed by atoms with Crippen molar-refractivity contribution in [1.29, 1.82) is 0 Å². The van der Waals surface area contributed by atoms with E-state index in [9.17, 15) is 13.6 Å². The van der Waals surface area contributed by atoms with Crippen molar-refractivity contribution in [3.63, 3.8) is 0 Å². The maximum atomic E-state index is 12.5. The highest BCUT2D eigenvalue weighted by Crippen LogP contribution is 2.28. The Hall–Kier alpha value is -1.21. The van der Waals surface area contributed by atoms with Crippen LogP contribution in [-0.2, 0) is 22.6 Å². The van der Waals surface area contributed by atoms with Gasteiger partial charge in [-0.3, -0.25) is 9.48 Å². The quantitative estimate of drug-likeness (QED) is 0.711. The summed E-state index contributed by atoms with van der Waals surface area (Å²) in [6.07, 6.45) is 1.80. The van der Waals surface area contributed by atoms with Gasteiger partial charge in [-0.15, -0.1) is 11.6 Å². The molecule has 23 heavy (non-hydrogen) atoms. The highest BCUT2D eigenvalue weighted by atomic mass is 35.5. The molecule has 0 spiro atoms. The Bertz CT molecular complexity index is 539. The number of methoxy groups -OCH3 is 1. The average molecular weight is 350 g/mol. The minimum atomic E-state index is -2.46. The second-order valence-corrected chi connectivity index (χ2v) is 6.02. The van der Waals surface area contributed by atoms with Crippen molar-refractivity contribution in [3.8, 4) is 0 Å². The lowest BCUT2D eigenvalue weighted by atomic mass is 10.1. The third-order valence-corrected chi connectivity index (χ3v) is 4.64. The lowest BCUT2D eigenvalue weighted by molar-refractivity contribution is -0.134. The first-order valence-electron chi connectivity index (χ1n) is 7.65. The van der Waals surface area contributed by atoms with E-state index in [0.29, 0.717) is 12.2 Å². The third-order valence-electron chi connectivity index (χ3n) is 4.41. The number of hydrogen-bond donors (Lipinski definition) is 0. The van der Waals surface area contributed by atoms with Gasteiger partial charge in [-0.2, -0.15) is 5.10 Å². The highest BCUT2D eigenvalue weighted by Gasteiger charge is 2.35. The average Bonchev–Trinajstić information content (AvgIpc) is 3.12. The fraction of sp³-hybridized carbons (Fsp3) is 0.733. The van der Waals surface area contributed by atoms with E-state index in [0.717, 1.165) is 24.8 Å². The molecule has 0 N–H and O–H groups in total. The van der Waals surface area contributed by atoms with Crippen LogP contribution in [0.3, 0.4) is 0 Å². The number of ether oxygens (including phenoxy) is 1. The van der Waals surface area contributed by atoms with Crippen molar-refractivity contribution in [2.45, 2.75) is 57.8 Å². The molecule has 0 aliphatic heterocycles.